The number of nitrogens with two attached hydrogens (primary N) is 1. The van der Waals surface area contributed by atoms with Gasteiger partial charge in [0.2, 0.25) is 5.91 Å². The molecule has 0 fully saturated rings. The molecule has 0 saturated carbocycles. The highest BCUT2D eigenvalue weighted by atomic mass is 32.1. The van der Waals surface area contributed by atoms with E-state index in [1.807, 2.05) is 24.4 Å². The van der Waals surface area contributed by atoms with E-state index in [-0.39, 0.29) is 18.4 Å². The van der Waals surface area contributed by atoms with Crippen LogP contribution in [0.15, 0.2) is 35.7 Å². The fourth-order valence-corrected chi connectivity index (χ4v) is 2.26. The number of hydrogen-bond donors (Lipinski definition) is 3. The normalized spacial score (nSPS) is 10.1. The highest BCUT2D eigenvalue weighted by Crippen LogP contribution is 2.21. The van der Waals surface area contributed by atoms with Crippen LogP contribution in [0.25, 0.3) is 0 Å². The average molecular weight is 289 g/mol. The first-order valence-electron chi connectivity index (χ1n) is 6.05. The van der Waals surface area contributed by atoms with Crippen LogP contribution >= 0.6 is 11.3 Å². The van der Waals surface area contributed by atoms with Crippen LogP contribution in [-0.4, -0.2) is 18.4 Å². The molecule has 6 heteroatoms. The average Bonchev–Trinajstić information content (AvgIpc) is 2.96. The molecule has 0 bridgehead atoms. The van der Waals surface area contributed by atoms with E-state index in [2.05, 4.69) is 10.6 Å². The van der Waals surface area contributed by atoms with Crippen LogP contribution in [0.1, 0.15) is 15.2 Å². The minimum Gasteiger partial charge on any atom is -0.325 e. The van der Waals surface area contributed by atoms with E-state index in [1.165, 1.54) is 11.3 Å². The van der Waals surface area contributed by atoms with Crippen LogP contribution in [0.3, 0.4) is 0 Å². The van der Waals surface area contributed by atoms with Crippen molar-refractivity contribution in [3.8, 4) is 0 Å². The molecule has 2 amide bonds. The maximum Gasteiger partial charge on any atom is 0.265 e. The minimum absolute atomic E-state index is 0.0786. The number of thiophene rings is 1. The van der Waals surface area contributed by atoms with Gasteiger partial charge in [0, 0.05) is 11.4 Å². The van der Waals surface area contributed by atoms with Crippen molar-refractivity contribution in [3.05, 3.63) is 46.2 Å². The van der Waals surface area contributed by atoms with Crippen LogP contribution in [-0.2, 0) is 4.79 Å². The highest BCUT2D eigenvalue weighted by Gasteiger charge is 2.09. The molecule has 1 heterocycles. The Morgan fingerprint density at radius 2 is 2.05 bits per heavy atom. The molecule has 0 radical (unpaired) electrons. The van der Waals surface area contributed by atoms with Crippen molar-refractivity contribution < 1.29 is 9.59 Å². The van der Waals surface area contributed by atoms with E-state index in [0.717, 1.165) is 5.56 Å². The Kier molecular flexibility index (Phi) is 4.49. The molecule has 0 aliphatic carbocycles. The third kappa shape index (κ3) is 3.43. The Morgan fingerprint density at radius 3 is 2.70 bits per heavy atom. The number of aryl methyl sites for hydroxylation is 1. The van der Waals surface area contributed by atoms with Gasteiger partial charge in [0.25, 0.3) is 5.91 Å². The Labute approximate surface area is 120 Å². The summed E-state index contributed by atoms with van der Waals surface area (Å²) in [5.41, 5.74) is 7.44. The zero-order chi connectivity index (χ0) is 14.5. The first-order valence-corrected chi connectivity index (χ1v) is 6.93. The van der Waals surface area contributed by atoms with E-state index >= 15 is 0 Å². The topological polar surface area (TPSA) is 84.2 Å². The lowest BCUT2D eigenvalue weighted by Gasteiger charge is -2.10. The first kappa shape index (κ1) is 14.2. The van der Waals surface area contributed by atoms with Crippen molar-refractivity contribution in [2.45, 2.75) is 6.92 Å². The van der Waals surface area contributed by atoms with Crippen molar-refractivity contribution in [2.24, 2.45) is 5.73 Å². The molecular formula is C14H15N3O2S. The minimum atomic E-state index is -0.274. The van der Waals surface area contributed by atoms with Crippen LogP contribution in [0, 0.1) is 6.92 Å². The van der Waals surface area contributed by atoms with E-state index in [1.54, 1.807) is 18.2 Å². The van der Waals surface area contributed by atoms with Gasteiger partial charge in [-0.3, -0.25) is 9.59 Å². The van der Waals surface area contributed by atoms with Crippen molar-refractivity contribution in [2.75, 3.05) is 17.2 Å². The van der Waals surface area contributed by atoms with Gasteiger partial charge in [0.1, 0.15) is 0 Å². The molecule has 1 aromatic heterocycles. The van der Waals surface area contributed by atoms with E-state index in [9.17, 15) is 9.59 Å². The zero-order valence-electron chi connectivity index (χ0n) is 11.0. The molecule has 2 aromatic rings. The second-order valence-corrected chi connectivity index (χ2v) is 5.16. The lowest BCUT2D eigenvalue weighted by atomic mass is 10.1. The summed E-state index contributed by atoms with van der Waals surface area (Å²) in [4.78, 5) is 23.9. The smallest absolute Gasteiger partial charge is 0.265 e. The first-order chi connectivity index (χ1) is 9.60. The molecule has 0 spiro atoms. The second-order valence-electron chi connectivity index (χ2n) is 4.21. The quantitative estimate of drug-likeness (QED) is 0.806. The summed E-state index contributed by atoms with van der Waals surface area (Å²) in [6, 6.07) is 8.90. The van der Waals surface area contributed by atoms with Gasteiger partial charge >= 0.3 is 0 Å². The lowest BCUT2D eigenvalue weighted by Crippen LogP contribution is -2.22. The molecule has 20 heavy (non-hydrogen) atoms. The van der Waals surface area contributed by atoms with Gasteiger partial charge in [0.05, 0.1) is 11.4 Å². The van der Waals surface area contributed by atoms with E-state index in [0.29, 0.717) is 16.3 Å². The molecule has 4 N–H and O–H groups in total. The second kappa shape index (κ2) is 6.31. The largest absolute Gasteiger partial charge is 0.325 e. The van der Waals surface area contributed by atoms with Gasteiger partial charge in [-0.05, 0) is 36.1 Å². The van der Waals surface area contributed by atoms with Crippen molar-refractivity contribution in [1.82, 2.24) is 0 Å². The maximum absolute atomic E-state index is 12.0. The molecule has 1 aromatic carbocycles. The summed E-state index contributed by atoms with van der Waals surface area (Å²) in [5.74, 6) is -0.435. The maximum atomic E-state index is 12.0. The number of carbonyl (C=O) groups excluding carboxylic acids is 2. The summed E-state index contributed by atoms with van der Waals surface area (Å²) in [5, 5.41) is 7.33. The van der Waals surface area contributed by atoms with Crippen LogP contribution < -0.4 is 16.4 Å². The van der Waals surface area contributed by atoms with Crippen molar-refractivity contribution >= 4 is 34.5 Å². The SMILES string of the molecule is Cc1ccc(NC(=O)CN)cc1NC(=O)c1cccs1. The predicted octanol–water partition coefficient (Wildman–Crippen LogP) is 2.21. The van der Waals surface area contributed by atoms with Crippen LogP contribution in [0.5, 0.6) is 0 Å². The zero-order valence-corrected chi connectivity index (χ0v) is 11.8. The van der Waals surface area contributed by atoms with Crippen LogP contribution in [0.2, 0.25) is 0 Å². The number of amides is 2. The molecule has 0 unspecified atom stereocenters. The van der Waals surface area contributed by atoms with Crippen molar-refractivity contribution in [1.29, 1.82) is 0 Å². The predicted molar refractivity (Wildman–Crippen MR) is 81.1 cm³/mol. The monoisotopic (exact) mass is 289 g/mol. The Bertz CT molecular complexity index is 623. The van der Waals surface area contributed by atoms with E-state index < -0.39 is 0 Å². The van der Waals surface area contributed by atoms with Gasteiger partial charge < -0.3 is 16.4 Å². The molecule has 5 nitrogen and oxygen atoms in total. The molecule has 0 aliphatic heterocycles. The third-order valence-electron chi connectivity index (χ3n) is 2.70. The molecule has 0 aliphatic rings. The van der Waals surface area contributed by atoms with Gasteiger partial charge in [-0.15, -0.1) is 11.3 Å². The van der Waals surface area contributed by atoms with Gasteiger partial charge in [-0.1, -0.05) is 12.1 Å². The summed E-state index contributed by atoms with van der Waals surface area (Å²) >= 11 is 1.38. The van der Waals surface area contributed by atoms with Gasteiger partial charge in [0.15, 0.2) is 0 Å². The van der Waals surface area contributed by atoms with Crippen LogP contribution in [0.4, 0.5) is 11.4 Å². The molecular weight excluding hydrogens is 274 g/mol. The van der Waals surface area contributed by atoms with Gasteiger partial charge in [-0.25, -0.2) is 0 Å². The molecule has 0 saturated heterocycles. The third-order valence-corrected chi connectivity index (χ3v) is 3.57. The number of nitrogens with one attached hydrogen (secondary N) is 2. The lowest BCUT2D eigenvalue weighted by molar-refractivity contribution is -0.114. The number of benzene rings is 1. The highest BCUT2D eigenvalue weighted by molar-refractivity contribution is 7.12. The number of carbonyl (C=O) groups is 2. The number of hydrogen-bond acceptors (Lipinski definition) is 4. The molecule has 104 valence electrons. The fraction of sp³-hybridized carbons (Fsp3) is 0.143. The summed E-state index contributed by atoms with van der Waals surface area (Å²) in [6.45, 7) is 1.81. The summed E-state index contributed by atoms with van der Waals surface area (Å²) in [7, 11) is 0. The number of anilines is 2. The standard InChI is InChI=1S/C14H15N3O2S/c1-9-4-5-10(16-13(18)8-15)7-11(9)17-14(19)12-3-2-6-20-12/h2-7H,8,15H2,1H3,(H,16,18)(H,17,19). The van der Waals surface area contributed by atoms with E-state index in [4.69, 9.17) is 5.73 Å². The Morgan fingerprint density at radius 1 is 1.25 bits per heavy atom. The fourth-order valence-electron chi connectivity index (χ4n) is 1.64. The molecule has 0 atom stereocenters. The van der Waals surface area contributed by atoms with Crippen molar-refractivity contribution in [3.63, 3.8) is 0 Å². The Balaban J connectivity index is 2.16. The summed E-state index contributed by atoms with van der Waals surface area (Å²) < 4.78 is 0. The molecule has 2 rings (SSSR count). The number of rotatable bonds is 4. The van der Waals surface area contributed by atoms with Gasteiger partial charge in [-0.2, -0.15) is 0 Å². The Hall–Kier alpha value is -2.18. The summed E-state index contributed by atoms with van der Waals surface area (Å²) in [6.07, 6.45) is 0.